The summed E-state index contributed by atoms with van der Waals surface area (Å²) in [5, 5.41) is 7.59. The van der Waals surface area contributed by atoms with Gasteiger partial charge < -0.3 is 15.2 Å². The number of carbonyl (C=O) groups excluding carboxylic acids is 2. The summed E-state index contributed by atoms with van der Waals surface area (Å²) < 4.78 is 10.8. The van der Waals surface area contributed by atoms with Crippen molar-refractivity contribution in [1.82, 2.24) is 4.90 Å². The lowest BCUT2D eigenvalue weighted by Crippen LogP contribution is -2.43. The van der Waals surface area contributed by atoms with Crippen molar-refractivity contribution in [3.05, 3.63) is 53.6 Å². The number of amides is 2. The molecule has 0 radical (unpaired) electrons. The Morgan fingerprint density at radius 2 is 1.78 bits per heavy atom. The van der Waals surface area contributed by atoms with Crippen molar-refractivity contribution >= 4 is 23.3 Å². The highest BCUT2D eigenvalue weighted by Crippen LogP contribution is 2.49. The topological polar surface area (TPSA) is 109 Å². The zero-order valence-corrected chi connectivity index (χ0v) is 17.5. The summed E-state index contributed by atoms with van der Waals surface area (Å²) in [5.41, 5.74) is 7.88. The molecule has 0 aliphatic carbocycles. The monoisotopic (exact) mass is 432 g/mol. The smallest absolute Gasteiger partial charge is 0.239 e. The van der Waals surface area contributed by atoms with E-state index < -0.39 is 0 Å². The van der Waals surface area contributed by atoms with Gasteiger partial charge in [-0.25, -0.2) is 4.90 Å². The van der Waals surface area contributed by atoms with E-state index in [1.54, 1.807) is 18.2 Å². The van der Waals surface area contributed by atoms with Crippen LogP contribution in [0, 0.1) is 17.2 Å². The van der Waals surface area contributed by atoms with Crippen LogP contribution in [0.15, 0.2) is 42.5 Å². The second-order valence-corrected chi connectivity index (χ2v) is 8.93. The van der Waals surface area contributed by atoms with Gasteiger partial charge in [0.15, 0.2) is 11.5 Å². The molecule has 164 valence electrons. The van der Waals surface area contributed by atoms with Gasteiger partial charge in [0.2, 0.25) is 18.6 Å². The van der Waals surface area contributed by atoms with Crippen molar-refractivity contribution in [3.8, 4) is 11.5 Å². The molecule has 4 aliphatic rings. The third kappa shape index (κ3) is 2.75. The third-order valence-corrected chi connectivity index (χ3v) is 7.32. The van der Waals surface area contributed by atoms with Crippen LogP contribution in [0.1, 0.15) is 24.0 Å². The molecule has 0 spiro atoms. The number of fused-ring (bicyclic) bond motifs is 4. The van der Waals surface area contributed by atoms with Crippen molar-refractivity contribution in [2.75, 3.05) is 18.2 Å². The minimum absolute atomic E-state index is 0.0221. The van der Waals surface area contributed by atoms with Crippen molar-refractivity contribution in [2.24, 2.45) is 17.6 Å². The first-order valence-electron chi connectivity index (χ1n) is 11.0. The van der Waals surface area contributed by atoms with E-state index in [-0.39, 0.29) is 48.4 Å². The molecule has 0 saturated carbocycles. The summed E-state index contributed by atoms with van der Waals surface area (Å²) >= 11 is 0. The summed E-state index contributed by atoms with van der Waals surface area (Å²) in [4.78, 5) is 30.9. The average Bonchev–Trinajstić information content (AvgIpc) is 3.53. The second-order valence-electron chi connectivity index (χ2n) is 8.93. The standard InChI is InChI=1S/C24H24N4O4/c25-22(26)14-5-3-13(4-6-14)10-17-21-20(16-2-1-9-27(16)17)23(29)28(24(21)30)15-7-8-18-19(11-15)32-12-31-18/h3-8,11,16-17,20-21H,1-2,9-10,12H2,(H3,25,26). The molecule has 3 fully saturated rings. The molecule has 8 heteroatoms. The van der Waals surface area contributed by atoms with Gasteiger partial charge in [0, 0.05) is 23.7 Å². The molecular weight excluding hydrogens is 408 g/mol. The van der Waals surface area contributed by atoms with Gasteiger partial charge in [-0.3, -0.25) is 19.9 Å². The fourth-order valence-corrected chi connectivity index (χ4v) is 5.93. The predicted octanol–water partition coefficient (Wildman–Crippen LogP) is 1.89. The van der Waals surface area contributed by atoms with Crippen LogP contribution in [0.3, 0.4) is 0 Å². The van der Waals surface area contributed by atoms with Gasteiger partial charge in [-0.15, -0.1) is 0 Å². The van der Waals surface area contributed by atoms with Crippen molar-refractivity contribution in [3.63, 3.8) is 0 Å². The predicted molar refractivity (Wildman–Crippen MR) is 117 cm³/mol. The molecule has 4 aliphatic heterocycles. The number of nitrogens with zero attached hydrogens (tertiary/aromatic N) is 2. The number of hydrogen-bond acceptors (Lipinski definition) is 6. The first kappa shape index (κ1) is 19.3. The molecule has 32 heavy (non-hydrogen) atoms. The summed E-state index contributed by atoms with van der Waals surface area (Å²) in [5.74, 6) is 0.325. The first-order valence-corrected chi connectivity index (χ1v) is 11.0. The fourth-order valence-electron chi connectivity index (χ4n) is 5.93. The molecule has 0 aromatic heterocycles. The molecular formula is C24H24N4O4. The van der Waals surface area contributed by atoms with Crippen molar-refractivity contribution in [2.45, 2.75) is 31.3 Å². The molecule has 6 rings (SSSR count). The zero-order chi connectivity index (χ0) is 22.0. The van der Waals surface area contributed by atoms with Crippen LogP contribution in [0.2, 0.25) is 0 Å². The van der Waals surface area contributed by atoms with Gasteiger partial charge in [-0.2, -0.15) is 0 Å². The van der Waals surface area contributed by atoms with Crippen molar-refractivity contribution in [1.29, 1.82) is 5.41 Å². The minimum Gasteiger partial charge on any atom is -0.454 e. The average molecular weight is 432 g/mol. The Morgan fingerprint density at radius 1 is 1.03 bits per heavy atom. The number of carbonyl (C=O) groups is 2. The Morgan fingerprint density at radius 3 is 2.56 bits per heavy atom. The molecule has 3 N–H and O–H groups in total. The van der Waals surface area contributed by atoms with Crippen molar-refractivity contribution < 1.29 is 19.1 Å². The Bertz CT molecular complexity index is 1130. The third-order valence-electron chi connectivity index (χ3n) is 7.32. The second kappa shape index (κ2) is 7.06. The number of ether oxygens (including phenoxy) is 2. The number of hydrogen-bond donors (Lipinski definition) is 2. The number of rotatable bonds is 4. The summed E-state index contributed by atoms with van der Waals surface area (Å²) in [6.07, 6.45) is 2.66. The quantitative estimate of drug-likeness (QED) is 0.434. The van der Waals surface area contributed by atoms with Crippen LogP contribution in [-0.4, -0.2) is 48.0 Å². The summed E-state index contributed by atoms with van der Waals surface area (Å²) in [6, 6.07) is 12.9. The molecule has 2 aromatic rings. The lowest BCUT2D eigenvalue weighted by atomic mass is 9.85. The Hall–Kier alpha value is -3.39. The van der Waals surface area contributed by atoms with E-state index >= 15 is 0 Å². The number of benzene rings is 2. The maximum absolute atomic E-state index is 13.6. The maximum Gasteiger partial charge on any atom is 0.239 e. The molecule has 2 amide bonds. The molecule has 8 nitrogen and oxygen atoms in total. The SMILES string of the molecule is N=C(N)c1ccc(CC2C3C(=O)N(c4ccc5c(c4)OCO5)C(=O)C3C3CCCN32)cc1. The fraction of sp³-hybridized carbons (Fsp3) is 0.375. The minimum atomic E-state index is -0.356. The zero-order valence-electron chi connectivity index (χ0n) is 17.5. The molecule has 4 unspecified atom stereocenters. The highest BCUT2D eigenvalue weighted by Gasteiger charge is 2.62. The number of nitrogens with one attached hydrogen (secondary N) is 1. The highest BCUT2D eigenvalue weighted by atomic mass is 16.7. The van der Waals surface area contributed by atoms with E-state index in [0.29, 0.717) is 29.2 Å². The van der Waals surface area contributed by atoms with E-state index in [2.05, 4.69) is 4.90 Å². The van der Waals surface area contributed by atoms with Crippen LogP contribution in [-0.2, 0) is 16.0 Å². The molecule has 3 saturated heterocycles. The van der Waals surface area contributed by atoms with Gasteiger partial charge in [0.25, 0.3) is 0 Å². The van der Waals surface area contributed by atoms with E-state index in [0.717, 1.165) is 24.9 Å². The lowest BCUT2D eigenvalue weighted by molar-refractivity contribution is -0.123. The van der Waals surface area contributed by atoms with Gasteiger partial charge in [-0.05, 0) is 43.5 Å². The number of anilines is 1. The summed E-state index contributed by atoms with van der Waals surface area (Å²) in [7, 11) is 0. The lowest BCUT2D eigenvalue weighted by Gasteiger charge is -2.28. The van der Waals surface area contributed by atoms with E-state index in [4.69, 9.17) is 20.6 Å². The molecule has 0 bridgehead atoms. The summed E-state index contributed by atoms with van der Waals surface area (Å²) in [6.45, 7) is 1.06. The van der Waals surface area contributed by atoms with E-state index in [9.17, 15) is 9.59 Å². The Kier molecular flexibility index (Phi) is 4.26. The van der Waals surface area contributed by atoms with Crippen LogP contribution in [0.5, 0.6) is 11.5 Å². The van der Waals surface area contributed by atoms with Gasteiger partial charge in [0.05, 0.1) is 17.5 Å². The normalized spacial score (nSPS) is 28.3. The van der Waals surface area contributed by atoms with Crippen LogP contribution >= 0.6 is 0 Å². The molecule has 2 aromatic carbocycles. The first-order chi connectivity index (χ1) is 15.5. The number of nitrogen functional groups attached to an aromatic ring is 1. The Balaban J connectivity index is 1.32. The maximum atomic E-state index is 13.6. The van der Waals surface area contributed by atoms with Gasteiger partial charge in [0.1, 0.15) is 5.84 Å². The molecule has 4 atom stereocenters. The largest absolute Gasteiger partial charge is 0.454 e. The highest BCUT2D eigenvalue weighted by molar-refractivity contribution is 6.23. The van der Waals surface area contributed by atoms with E-state index in [1.807, 2.05) is 24.3 Å². The molecule has 4 heterocycles. The van der Waals surface area contributed by atoms with E-state index in [1.165, 1.54) is 4.90 Å². The number of nitrogens with two attached hydrogens (primary N) is 1. The van der Waals surface area contributed by atoms with Gasteiger partial charge in [-0.1, -0.05) is 24.3 Å². The number of amidine groups is 1. The van der Waals surface area contributed by atoms with Crippen LogP contribution in [0.4, 0.5) is 5.69 Å². The van der Waals surface area contributed by atoms with Crippen LogP contribution in [0.25, 0.3) is 0 Å². The Labute approximate surface area is 185 Å². The number of imide groups is 1. The van der Waals surface area contributed by atoms with Crippen LogP contribution < -0.4 is 20.1 Å². The van der Waals surface area contributed by atoms with Gasteiger partial charge >= 0.3 is 0 Å².